The van der Waals surface area contributed by atoms with Gasteiger partial charge in [-0.25, -0.2) is 4.98 Å². The molecule has 3 heterocycles. The minimum atomic E-state index is 0.157. The third-order valence-corrected chi connectivity index (χ3v) is 4.56. The van der Waals surface area contributed by atoms with E-state index in [0.717, 1.165) is 42.5 Å². The van der Waals surface area contributed by atoms with Crippen LogP contribution in [0, 0.1) is 0 Å². The van der Waals surface area contributed by atoms with Gasteiger partial charge in [0.1, 0.15) is 0 Å². The van der Waals surface area contributed by atoms with Gasteiger partial charge in [-0.2, -0.15) is 5.10 Å². The van der Waals surface area contributed by atoms with Gasteiger partial charge in [-0.3, -0.25) is 9.89 Å². The molecule has 3 aromatic rings. The predicted octanol–water partition coefficient (Wildman–Crippen LogP) is 2.17. The zero-order valence-electron chi connectivity index (χ0n) is 12.9. The van der Waals surface area contributed by atoms with Crippen LogP contribution in [0.5, 0.6) is 0 Å². The van der Waals surface area contributed by atoms with E-state index in [9.17, 15) is 4.79 Å². The number of para-hydroxylation sites is 1. The number of carbonyl (C=O) groups is 1. The molecule has 1 aromatic carbocycles. The first-order chi connectivity index (χ1) is 11.3. The van der Waals surface area contributed by atoms with Crippen molar-refractivity contribution in [2.75, 3.05) is 13.1 Å². The molecule has 1 unspecified atom stereocenters. The molecule has 0 bridgehead atoms. The highest BCUT2D eigenvalue weighted by Crippen LogP contribution is 2.22. The van der Waals surface area contributed by atoms with Crippen molar-refractivity contribution in [3.8, 4) is 0 Å². The van der Waals surface area contributed by atoms with Crippen LogP contribution in [0.3, 0.4) is 0 Å². The number of aromatic nitrogens is 4. The summed E-state index contributed by atoms with van der Waals surface area (Å²) in [4.78, 5) is 18.7. The Balaban J connectivity index is 1.48. The molecule has 0 aliphatic carbocycles. The molecule has 1 atom stereocenters. The summed E-state index contributed by atoms with van der Waals surface area (Å²) in [6, 6.07) is 8.22. The Bertz CT molecular complexity index is 807. The molecule has 2 aromatic heterocycles. The van der Waals surface area contributed by atoms with Gasteiger partial charge < -0.3 is 9.47 Å². The van der Waals surface area contributed by atoms with Crippen LogP contribution >= 0.6 is 0 Å². The highest BCUT2D eigenvalue weighted by molar-refractivity contribution is 5.87. The zero-order chi connectivity index (χ0) is 15.6. The SMILES string of the molecule is O=C(Cc1[nH]nc2ccccc12)N1CCCC(n2ccnc2)C1. The van der Waals surface area contributed by atoms with E-state index in [1.807, 2.05) is 41.7 Å². The first kappa shape index (κ1) is 14.0. The number of hydrogen-bond donors (Lipinski definition) is 1. The summed E-state index contributed by atoms with van der Waals surface area (Å²) in [7, 11) is 0. The molecule has 1 saturated heterocycles. The molecule has 118 valence electrons. The van der Waals surface area contributed by atoms with E-state index in [0.29, 0.717) is 12.5 Å². The Morgan fingerprint density at radius 1 is 1.35 bits per heavy atom. The fourth-order valence-corrected chi connectivity index (χ4v) is 3.32. The van der Waals surface area contributed by atoms with Gasteiger partial charge in [0.2, 0.25) is 5.91 Å². The van der Waals surface area contributed by atoms with Crippen molar-refractivity contribution >= 4 is 16.8 Å². The smallest absolute Gasteiger partial charge is 0.228 e. The van der Waals surface area contributed by atoms with Crippen molar-refractivity contribution < 1.29 is 4.79 Å². The number of nitrogens with one attached hydrogen (secondary N) is 1. The fraction of sp³-hybridized carbons (Fsp3) is 0.353. The number of rotatable bonds is 3. The van der Waals surface area contributed by atoms with Crippen molar-refractivity contribution in [3.63, 3.8) is 0 Å². The number of imidazole rings is 1. The molecule has 1 amide bonds. The standard InChI is InChI=1S/C17H19N5O/c23-17(10-16-14-5-1-2-6-15(14)19-20-16)21-8-3-4-13(11-21)22-9-7-18-12-22/h1-2,5-7,9,12-13H,3-4,8,10-11H2,(H,19,20). The average molecular weight is 309 g/mol. The van der Waals surface area contributed by atoms with E-state index in [2.05, 4.69) is 19.7 Å². The number of nitrogens with zero attached hydrogens (tertiary/aromatic N) is 4. The van der Waals surface area contributed by atoms with Gasteiger partial charge in [0, 0.05) is 30.9 Å². The van der Waals surface area contributed by atoms with Crippen molar-refractivity contribution in [1.82, 2.24) is 24.6 Å². The van der Waals surface area contributed by atoms with Gasteiger partial charge in [0.05, 0.1) is 30.0 Å². The lowest BCUT2D eigenvalue weighted by Crippen LogP contribution is -2.41. The van der Waals surface area contributed by atoms with E-state index in [4.69, 9.17) is 0 Å². The number of fused-ring (bicyclic) bond motifs is 1. The number of carbonyl (C=O) groups excluding carboxylic acids is 1. The van der Waals surface area contributed by atoms with Gasteiger partial charge in [-0.15, -0.1) is 0 Å². The van der Waals surface area contributed by atoms with Gasteiger partial charge in [-0.05, 0) is 18.9 Å². The predicted molar refractivity (Wildman–Crippen MR) is 86.9 cm³/mol. The molecular formula is C17H19N5O. The highest BCUT2D eigenvalue weighted by atomic mass is 16.2. The van der Waals surface area contributed by atoms with Crippen LogP contribution in [0.15, 0.2) is 43.0 Å². The number of H-pyrrole nitrogens is 1. The van der Waals surface area contributed by atoms with E-state index in [-0.39, 0.29) is 5.91 Å². The molecule has 0 spiro atoms. The topological polar surface area (TPSA) is 66.8 Å². The lowest BCUT2D eigenvalue weighted by atomic mass is 10.0. The highest BCUT2D eigenvalue weighted by Gasteiger charge is 2.25. The second kappa shape index (κ2) is 5.87. The lowest BCUT2D eigenvalue weighted by Gasteiger charge is -2.33. The molecule has 6 heteroatoms. The number of benzene rings is 1. The quantitative estimate of drug-likeness (QED) is 0.806. The van der Waals surface area contributed by atoms with Crippen LogP contribution in [-0.2, 0) is 11.2 Å². The molecule has 4 rings (SSSR count). The summed E-state index contributed by atoms with van der Waals surface area (Å²) in [5, 5.41) is 8.31. The van der Waals surface area contributed by atoms with Crippen LogP contribution in [-0.4, -0.2) is 43.6 Å². The largest absolute Gasteiger partial charge is 0.340 e. The van der Waals surface area contributed by atoms with Gasteiger partial charge in [0.15, 0.2) is 0 Å². The zero-order valence-corrected chi connectivity index (χ0v) is 12.9. The molecule has 1 aliphatic heterocycles. The van der Waals surface area contributed by atoms with E-state index < -0.39 is 0 Å². The van der Waals surface area contributed by atoms with E-state index in [1.165, 1.54) is 0 Å². The van der Waals surface area contributed by atoms with Crippen molar-refractivity contribution in [1.29, 1.82) is 0 Å². The number of likely N-dealkylation sites (tertiary alicyclic amines) is 1. The van der Waals surface area contributed by atoms with Crippen molar-refractivity contribution in [3.05, 3.63) is 48.7 Å². The molecule has 6 nitrogen and oxygen atoms in total. The van der Waals surface area contributed by atoms with Crippen LogP contribution in [0.4, 0.5) is 0 Å². The van der Waals surface area contributed by atoms with Crippen molar-refractivity contribution in [2.24, 2.45) is 0 Å². The normalized spacial score (nSPS) is 18.4. The van der Waals surface area contributed by atoms with Crippen LogP contribution in [0.25, 0.3) is 10.9 Å². The molecule has 1 fully saturated rings. The summed E-state index contributed by atoms with van der Waals surface area (Å²) in [5.41, 5.74) is 1.81. The maximum Gasteiger partial charge on any atom is 0.228 e. The van der Waals surface area contributed by atoms with Gasteiger partial charge in [-0.1, -0.05) is 18.2 Å². The lowest BCUT2D eigenvalue weighted by molar-refractivity contribution is -0.132. The Morgan fingerprint density at radius 2 is 2.26 bits per heavy atom. The van der Waals surface area contributed by atoms with Gasteiger partial charge in [0.25, 0.3) is 0 Å². The second-order valence-corrected chi connectivity index (χ2v) is 6.04. The Kier molecular flexibility index (Phi) is 3.57. The summed E-state index contributed by atoms with van der Waals surface area (Å²) >= 11 is 0. The van der Waals surface area contributed by atoms with Crippen LogP contribution < -0.4 is 0 Å². The molecule has 0 radical (unpaired) electrons. The number of hydrogen-bond acceptors (Lipinski definition) is 3. The third-order valence-electron chi connectivity index (χ3n) is 4.56. The summed E-state index contributed by atoms with van der Waals surface area (Å²) in [6.07, 6.45) is 8.09. The second-order valence-electron chi connectivity index (χ2n) is 6.04. The summed E-state index contributed by atoms with van der Waals surface area (Å²) in [5.74, 6) is 0.157. The van der Waals surface area contributed by atoms with Crippen molar-refractivity contribution in [2.45, 2.75) is 25.3 Å². The Hall–Kier alpha value is -2.63. The summed E-state index contributed by atoms with van der Waals surface area (Å²) in [6.45, 7) is 1.58. The maximum atomic E-state index is 12.7. The van der Waals surface area contributed by atoms with E-state index in [1.54, 1.807) is 6.20 Å². The first-order valence-electron chi connectivity index (χ1n) is 7.98. The average Bonchev–Trinajstić information content (AvgIpc) is 3.25. The molecule has 0 saturated carbocycles. The minimum absolute atomic E-state index is 0.157. The first-order valence-corrected chi connectivity index (χ1v) is 7.98. The Labute approximate surface area is 134 Å². The van der Waals surface area contributed by atoms with Crippen LogP contribution in [0.2, 0.25) is 0 Å². The molecular weight excluding hydrogens is 290 g/mol. The number of piperidine rings is 1. The van der Waals surface area contributed by atoms with E-state index >= 15 is 0 Å². The summed E-state index contributed by atoms with van der Waals surface area (Å²) < 4.78 is 2.10. The van der Waals surface area contributed by atoms with Gasteiger partial charge >= 0.3 is 0 Å². The molecule has 23 heavy (non-hydrogen) atoms. The van der Waals surface area contributed by atoms with Crippen LogP contribution in [0.1, 0.15) is 24.6 Å². The number of amides is 1. The molecule has 1 aliphatic rings. The fourth-order valence-electron chi connectivity index (χ4n) is 3.32. The number of aromatic amines is 1. The molecule has 1 N–H and O–H groups in total. The monoisotopic (exact) mass is 309 g/mol. The minimum Gasteiger partial charge on any atom is -0.340 e. The maximum absolute atomic E-state index is 12.7. The Morgan fingerprint density at radius 3 is 3.13 bits per heavy atom. The third kappa shape index (κ3) is 2.72.